The number of aromatic nitrogens is 2. The third-order valence-corrected chi connectivity index (χ3v) is 7.71. The normalized spacial score (nSPS) is 16.1. The zero-order valence-electron chi connectivity index (χ0n) is 18.1. The second-order valence-corrected chi connectivity index (χ2v) is 10.0. The van der Waals surface area contributed by atoms with Gasteiger partial charge in [0.15, 0.2) is 5.13 Å². The van der Waals surface area contributed by atoms with E-state index in [0.29, 0.717) is 21.6 Å². The molecule has 0 saturated heterocycles. The second-order valence-electron chi connectivity index (χ2n) is 8.20. The molecule has 0 radical (unpaired) electrons. The monoisotopic (exact) mass is 484 g/mol. The van der Waals surface area contributed by atoms with Crippen molar-refractivity contribution in [3.8, 4) is 0 Å². The maximum Gasteiger partial charge on any atom is 0.271 e. The van der Waals surface area contributed by atoms with Crippen LogP contribution in [0.1, 0.15) is 45.3 Å². The first-order valence-electron chi connectivity index (χ1n) is 10.8. The molecule has 0 saturated carbocycles. The lowest BCUT2D eigenvalue weighted by atomic mass is 10.0. The minimum atomic E-state index is -0.425. The van der Waals surface area contributed by atoms with E-state index in [1.54, 1.807) is 13.1 Å². The van der Waals surface area contributed by atoms with Gasteiger partial charge in [-0.1, -0.05) is 17.4 Å². The first-order chi connectivity index (χ1) is 16.0. The number of hydrogen-bond acceptors (Lipinski definition) is 8. The third kappa shape index (κ3) is 3.96. The zero-order valence-corrected chi connectivity index (χ0v) is 19.7. The highest BCUT2D eigenvalue weighted by molar-refractivity contribution is 7.18. The number of aliphatic imine (C=N–C) groups is 1. The summed E-state index contributed by atoms with van der Waals surface area (Å²) in [7, 11) is 0. The molecule has 5 N–H and O–H groups in total. The minimum Gasteiger partial charge on any atom is -0.394 e. The van der Waals surface area contributed by atoms with Crippen LogP contribution in [0.3, 0.4) is 0 Å². The summed E-state index contributed by atoms with van der Waals surface area (Å²) in [4.78, 5) is 36.3. The third-order valence-electron chi connectivity index (χ3n) is 6.01. The molecule has 0 fully saturated rings. The van der Waals surface area contributed by atoms with Crippen molar-refractivity contribution in [3.63, 3.8) is 0 Å². The lowest BCUT2D eigenvalue weighted by Gasteiger charge is -2.17. The SMILES string of the molecule is CC(CO)N=C(N)c1c(Nc2ncc(C(=O)N3CCc4c3ccc3c4CCC3)s2)s[nH]c1=O. The van der Waals surface area contributed by atoms with Gasteiger partial charge in [-0.25, -0.2) is 4.98 Å². The number of nitrogens with two attached hydrogens (primary N) is 1. The molecule has 1 aliphatic heterocycles. The maximum absolute atomic E-state index is 13.3. The molecule has 33 heavy (non-hydrogen) atoms. The second kappa shape index (κ2) is 8.73. The number of nitrogens with one attached hydrogen (secondary N) is 2. The molecule has 3 aromatic rings. The number of aryl methyl sites for hydroxylation is 1. The lowest BCUT2D eigenvalue weighted by Crippen LogP contribution is -2.28. The molecule has 1 aromatic carbocycles. The number of aromatic amines is 1. The number of benzene rings is 1. The van der Waals surface area contributed by atoms with Gasteiger partial charge >= 0.3 is 0 Å². The van der Waals surface area contributed by atoms with Crippen LogP contribution in [0.5, 0.6) is 0 Å². The Morgan fingerprint density at radius 1 is 1.36 bits per heavy atom. The van der Waals surface area contributed by atoms with Crippen LogP contribution >= 0.6 is 22.9 Å². The van der Waals surface area contributed by atoms with Crippen LogP contribution in [-0.4, -0.2) is 45.4 Å². The van der Waals surface area contributed by atoms with Crippen LogP contribution in [-0.2, 0) is 19.3 Å². The fourth-order valence-corrected chi connectivity index (χ4v) is 6.02. The van der Waals surface area contributed by atoms with Gasteiger partial charge in [0.05, 0.1) is 18.8 Å². The summed E-state index contributed by atoms with van der Waals surface area (Å²) in [6, 6.07) is 3.81. The zero-order chi connectivity index (χ0) is 23.1. The molecule has 172 valence electrons. The van der Waals surface area contributed by atoms with E-state index in [1.165, 1.54) is 34.4 Å². The van der Waals surface area contributed by atoms with Crippen LogP contribution < -0.4 is 21.5 Å². The van der Waals surface area contributed by atoms with E-state index in [0.717, 1.165) is 36.5 Å². The van der Waals surface area contributed by atoms with Crippen molar-refractivity contribution < 1.29 is 9.90 Å². The van der Waals surface area contributed by atoms with E-state index in [4.69, 9.17) is 5.73 Å². The number of H-pyrrole nitrogens is 1. The first-order valence-corrected chi connectivity index (χ1v) is 12.4. The van der Waals surface area contributed by atoms with Gasteiger partial charge in [-0.05, 0) is 66.9 Å². The Labute approximate surface area is 198 Å². The number of aliphatic hydroxyl groups is 1. The number of hydrogen-bond donors (Lipinski definition) is 4. The van der Waals surface area contributed by atoms with Gasteiger partial charge in [-0.15, -0.1) is 0 Å². The molecule has 0 spiro atoms. The minimum absolute atomic E-state index is 0.0376. The molecule has 1 aliphatic carbocycles. The fraction of sp³-hybridized carbons (Fsp3) is 0.364. The van der Waals surface area contributed by atoms with Gasteiger partial charge in [0, 0.05) is 12.2 Å². The van der Waals surface area contributed by atoms with Crippen LogP contribution in [0.25, 0.3) is 0 Å². The van der Waals surface area contributed by atoms with Gasteiger partial charge in [-0.3, -0.25) is 19.0 Å². The molecule has 3 heterocycles. The number of thiazole rings is 1. The van der Waals surface area contributed by atoms with Crippen molar-refractivity contribution >= 4 is 50.4 Å². The van der Waals surface area contributed by atoms with Gasteiger partial charge in [-0.2, -0.15) is 0 Å². The van der Waals surface area contributed by atoms with Gasteiger partial charge in [0.25, 0.3) is 11.5 Å². The van der Waals surface area contributed by atoms with E-state index < -0.39 is 6.04 Å². The molecular weight excluding hydrogens is 460 g/mol. The molecule has 2 aliphatic rings. The standard InChI is InChI=1S/C22H24N6O3S2/c1-11(10-29)25-18(23)17-19(30)27-33-20(17)26-22-24-9-16(32-22)21(31)28-8-7-14-13-4-2-3-12(13)5-6-15(14)28/h5-6,9,11,29H,2-4,7-8,10H2,1H3,(H2,23,25)(H,24,26)(H,27,30). The Balaban J connectivity index is 1.36. The molecular formula is C22H24N6O3S2. The van der Waals surface area contributed by atoms with E-state index in [9.17, 15) is 14.7 Å². The molecule has 2 aromatic heterocycles. The Morgan fingerprint density at radius 2 is 2.21 bits per heavy atom. The summed E-state index contributed by atoms with van der Waals surface area (Å²) in [5.74, 6) is -0.0341. The summed E-state index contributed by atoms with van der Waals surface area (Å²) in [5.41, 5.74) is 11.0. The molecule has 5 rings (SSSR count). The average molecular weight is 485 g/mol. The molecule has 0 bridgehead atoms. The predicted octanol–water partition coefficient (Wildman–Crippen LogP) is 2.41. The summed E-state index contributed by atoms with van der Waals surface area (Å²) in [6.45, 7) is 2.20. The Kier molecular flexibility index (Phi) is 5.77. The van der Waals surface area contributed by atoms with Crippen LogP contribution in [0.15, 0.2) is 28.1 Å². The van der Waals surface area contributed by atoms with Crippen molar-refractivity contribution in [2.24, 2.45) is 10.7 Å². The number of carbonyl (C=O) groups excluding carboxylic acids is 1. The van der Waals surface area contributed by atoms with Gasteiger partial charge in [0.2, 0.25) is 0 Å². The number of anilines is 3. The number of amidine groups is 1. The summed E-state index contributed by atoms with van der Waals surface area (Å²) in [5, 5.41) is 13.2. The first kappa shape index (κ1) is 21.8. The van der Waals surface area contributed by atoms with Crippen molar-refractivity contribution in [1.29, 1.82) is 0 Å². The number of fused-ring (bicyclic) bond motifs is 3. The van der Waals surface area contributed by atoms with Crippen molar-refractivity contribution in [1.82, 2.24) is 9.36 Å². The van der Waals surface area contributed by atoms with Gasteiger partial charge in [0.1, 0.15) is 21.3 Å². The van der Waals surface area contributed by atoms with Crippen LogP contribution in [0.4, 0.5) is 15.8 Å². The van der Waals surface area contributed by atoms with E-state index >= 15 is 0 Å². The molecule has 11 heteroatoms. The highest BCUT2D eigenvalue weighted by Crippen LogP contribution is 2.38. The molecule has 1 atom stereocenters. The van der Waals surface area contributed by atoms with Crippen LogP contribution in [0.2, 0.25) is 0 Å². The Bertz CT molecular complexity index is 1310. The Hall–Kier alpha value is -3.02. The number of amides is 1. The topological polar surface area (TPSA) is 137 Å². The molecule has 1 amide bonds. The Morgan fingerprint density at radius 3 is 3.03 bits per heavy atom. The molecule has 1 unspecified atom stereocenters. The summed E-state index contributed by atoms with van der Waals surface area (Å²) >= 11 is 2.31. The smallest absolute Gasteiger partial charge is 0.271 e. The van der Waals surface area contributed by atoms with Crippen molar-refractivity contribution in [2.75, 3.05) is 23.4 Å². The summed E-state index contributed by atoms with van der Waals surface area (Å²) in [6.07, 6.45) is 5.86. The van der Waals surface area contributed by atoms with Crippen LogP contribution in [0, 0.1) is 0 Å². The average Bonchev–Trinajstić information content (AvgIpc) is 3.59. The maximum atomic E-state index is 13.3. The highest BCUT2D eigenvalue weighted by Gasteiger charge is 2.30. The summed E-state index contributed by atoms with van der Waals surface area (Å²) < 4.78 is 2.64. The number of rotatable bonds is 6. The van der Waals surface area contributed by atoms with E-state index in [-0.39, 0.29) is 29.5 Å². The largest absolute Gasteiger partial charge is 0.394 e. The van der Waals surface area contributed by atoms with Crippen molar-refractivity contribution in [3.05, 3.63) is 55.8 Å². The number of nitrogens with zero attached hydrogens (tertiary/aromatic N) is 3. The van der Waals surface area contributed by atoms with E-state index in [1.807, 2.05) is 4.90 Å². The fourth-order valence-electron chi connectivity index (χ4n) is 4.44. The molecule has 9 nitrogen and oxygen atoms in total. The number of carbonyl (C=O) groups is 1. The number of aliphatic hydroxyl groups excluding tert-OH is 1. The highest BCUT2D eigenvalue weighted by atomic mass is 32.1. The van der Waals surface area contributed by atoms with E-state index in [2.05, 4.69) is 31.8 Å². The predicted molar refractivity (Wildman–Crippen MR) is 131 cm³/mol. The van der Waals surface area contributed by atoms with Gasteiger partial charge < -0.3 is 21.1 Å². The lowest BCUT2D eigenvalue weighted by molar-refractivity contribution is 0.0993. The van der Waals surface area contributed by atoms with Crippen molar-refractivity contribution in [2.45, 2.75) is 38.6 Å². The quantitative estimate of drug-likeness (QED) is 0.313.